The average Bonchev–Trinajstić information content (AvgIpc) is 3.11. The molecular formula is C29H47FO3. The summed E-state index contributed by atoms with van der Waals surface area (Å²) in [6, 6.07) is 0. The normalized spacial score (nSPS) is 44.4. The zero-order chi connectivity index (χ0) is 24.3. The van der Waals surface area contributed by atoms with Gasteiger partial charge in [0.1, 0.15) is 6.17 Å². The standard InChI is InChI=1S/C29H47FO3/c1-7-19(16(2)3)27(33)26(32)17(4)21-8-9-22-20-15-25(30)24-14-18(31)10-12-29(24,6)23(20)11-13-28(21,22)5/h14,16-17,19-23,25-27,32-33H,7-13,15H2,1-6H3/t17-,19-,20?,21+,22?,23?,25-,26-,27-,28+,29+/m0/s1. The van der Waals surface area contributed by atoms with Crippen LogP contribution in [0.5, 0.6) is 0 Å². The monoisotopic (exact) mass is 462 g/mol. The van der Waals surface area contributed by atoms with Crippen molar-refractivity contribution >= 4 is 5.78 Å². The molecule has 4 heteroatoms. The Balaban J connectivity index is 1.56. The van der Waals surface area contributed by atoms with Gasteiger partial charge in [-0.25, -0.2) is 4.39 Å². The highest BCUT2D eigenvalue weighted by molar-refractivity contribution is 5.91. The molecule has 4 aliphatic carbocycles. The van der Waals surface area contributed by atoms with E-state index in [1.54, 1.807) is 6.08 Å². The fraction of sp³-hybridized carbons (Fsp3) is 0.897. The highest BCUT2D eigenvalue weighted by Crippen LogP contribution is 2.68. The minimum Gasteiger partial charge on any atom is -0.390 e. The number of allylic oxidation sites excluding steroid dienone is 1. The van der Waals surface area contributed by atoms with E-state index in [0.29, 0.717) is 42.4 Å². The predicted molar refractivity (Wildman–Crippen MR) is 130 cm³/mol. The lowest BCUT2D eigenvalue weighted by Gasteiger charge is -2.59. The second kappa shape index (κ2) is 9.04. The molecule has 188 valence electrons. The van der Waals surface area contributed by atoms with Gasteiger partial charge in [-0.15, -0.1) is 0 Å². The Morgan fingerprint density at radius 2 is 1.76 bits per heavy atom. The largest absolute Gasteiger partial charge is 0.390 e. The number of aliphatic hydroxyl groups excluding tert-OH is 2. The number of carbonyl (C=O) groups excluding carboxylic acids is 1. The predicted octanol–water partition coefficient (Wildman–Crippen LogP) is 6.12. The molecule has 0 radical (unpaired) electrons. The molecule has 3 fully saturated rings. The molecule has 0 saturated heterocycles. The summed E-state index contributed by atoms with van der Waals surface area (Å²) in [7, 11) is 0. The van der Waals surface area contributed by atoms with Crippen molar-refractivity contribution in [1.82, 2.24) is 0 Å². The summed E-state index contributed by atoms with van der Waals surface area (Å²) in [6.07, 6.45) is 6.34. The lowest BCUT2D eigenvalue weighted by molar-refractivity contribution is -0.120. The number of hydrogen-bond donors (Lipinski definition) is 2. The Labute approximate surface area is 200 Å². The zero-order valence-corrected chi connectivity index (χ0v) is 21.7. The van der Waals surface area contributed by atoms with E-state index in [0.717, 1.165) is 44.1 Å². The van der Waals surface area contributed by atoms with Crippen molar-refractivity contribution in [2.24, 2.45) is 52.3 Å². The van der Waals surface area contributed by atoms with E-state index >= 15 is 4.39 Å². The Morgan fingerprint density at radius 1 is 1.06 bits per heavy atom. The topological polar surface area (TPSA) is 57.5 Å². The van der Waals surface area contributed by atoms with E-state index in [-0.39, 0.29) is 28.4 Å². The van der Waals surface area contributed by atoms with Gasteiger partial charge in [0, 0.05) is 6.42 Å². The highest BCUT2D eigenvalue weighted by Gasteiger charge is 2.61. The van der Waals surface area contributed by atoms with Crippen LogP contribution in [-0.2, 0) is 4.79 Å². The van der Waals surface area contributed by atoms with E-state index in [1.165, 1.54) is 0 Å². The first-order valence-electron chi connectivity index (χ1n) is 13.7. The molecule has 11 atom stereocenters. The molecule has 0 aromatic carbocycles. The van der Waals surface area contributed by atoms with Crippen molar-refractivity contribution in [1.29, 1.82) is 0 Å². The van der Waals surface area contributed by atoms with Crippen LogP contribution in [0, 0.1) is 52.3 Å². The molecule has 0 spiro atoms. The fourth-order valence-corrected chi connectivity index (χ4v) is 9.37. The van der Waals surface area contributed by atoms with Crippen molar-refractivity contribution < 1.29 is 19.4 Å². The number of aliphatic hydroxyl groups is 2. The van der Waals surface area contributed by atoms with Crippen molar-refractivity contribution in [3.05, 3.63) is 11.6 Å². The van der Waals surface area contributed by atoms with Gasteiger partial charge in [-0.2, -0.15) is 0 Å². The summed E-state index contributed by atoms with van der Waals surface area (Å²) in [5.41, 5.74) is 0.690. The van der Waals surface area contributed by atoms with Crippen LogP contribution in [0.2, 0.25) is 0 Å². The first-order chi connectivity index (χ1) is 15.5. The van der Waals surface area contributed by atoms with E-state index in [2.05, 4.69) is 41.5 Å². The van der Waals surface area contributed by atoms with Gasteiger partial charge < -0.3 is 10.2 Å². The minimum absolute atomic E-state index is 0.0301. The van der Waals surface area contributed by atoms with E-state index < -0.39 is 18.4 Å². The highest BCUT2D eigenvalue weighted by atomic mass is 19.1. The molecule has 3 nitrogen and oxygen atoms in total. The summed E-state index contributed by atoms with van der Waals surface area (Å²) >= 11 is 0. The van der Waals surface area contributed by atoms with Gasteiger partial charge in [0.2, 0.25) is 0 Å². The molecule has 0 heterocycles. The van der Waals surface area contributed by atoms with Crippen molar-refractivity contribution in [3.63, 3.8) is 0 Å². The van der Waals surface area contributed by atoms with Crippen LogP contribution >= 0.6 is 0 Å². The third-order valence-electron chi connectivity index (χ3n) is 11.3. The van der Waals surface area contributed by atoms with Gasteiger partial charge in [-0.3, -0.25) is 4.79 Å². The quantitative estimate of drug-likeness (QED) is 0.500. The molecule has 4 aliphatic rings. The van der Waals surface area contributed by atoms with Crippen LogP contribution in [-0.4, -0.2) is 34.4 Å². The molecule has 3 unspecified atom stereocenters. The van der Waals surface area contributed by atoms with Gasteiger partial charge in [0.15, 0.2) is 5.78 Å². The lowest BCUT2D eigenvalue weighted by Crippen LogP contribution is -2.54. The maximum atomic E-state index is 15.5. The van der Waals surface area contributed by atoms with Crippen molar-refractivity contribution in [2.45, 2.75) is 111 Å². The fourth-order valence-electron chi connectivity index (χ4n) is 9.37. The van der Waals surface area contributed by atoms with Crippen LogP contribution in [0.4, 0.5) is 4.39 Å². The second-order valence-electron chi connectivity index (χ2n) is 12.9. The molecule has 0 amide bonds. The Bertz CT molecular complexity index is 777. The number of halogens is 1. The maximum Gasteiger partial charge on any atom is 0.155 e. The molecule has 33 heavy (non-hydrogen) atoms. The Morgan fingerprint density at radius 3 is 2.39 bits per heavy atom. The Kier molecular flexibility index (Phi) is 6.95. The summed E-state index contributed by atoms with van der Waals surface area (Å²) in [6.45, 7) is 13.1. The van der Waals surface area contributed by atoms with Crippen molar-refractivity contribution in [3.8, 4) is 0 Å². The first kappa shape index (κ1) is 25.4. The molecule has 0 aromatic rings. The van der Waals surface area contributed by atoms with E-state index in [1.807, 2.05) is 0 Å². The molecule has 4 rings (SSSR count). The molecule has 0 aliphatic heterocycles. The van der Waals surface area contributed by atoms with Gasteiger partial charge in [-0.05, 0) is 102 Å². The van der Waals surface area contributed by atoms with Gasteiger partial charge in [-0.1, -0.05) is 48.0 Å². The van der Waals surface area contributed by atoms with E-state index in [4.69, 9.17) is 0 Å². The Hall–Kier alpha value is -0.740. The summed E-state index contributed by atoms with van der Waals surface area (Å²) < 4.78 is 15.5. The van der Waals surface area contributed by atoms with Crippen LogP contribution in [0.15, 0.2) is 11.6 Å². The van der Waals surface area contributed by atoms with Crippen LogP contribution in [0.25, 0.3) is 0 Å². The summed E-state index contributed by atoms with van der Waals surface area (Å²) in [4.78, 5) is 12.1. The maximum absolute atomic E-state index is 15.5. The second-order valence-corrected chi connectivity index (χ2v) is 12.9. The SMILES string of the molecule is CC[C@@H](C(C)C)[C@H](O)[C@@H](O)[C@@H](C)[C@H]1CCC2C3C[C@H](F)C4=CC(=O)CC[C@]4(C)C3CC[C@@]21C. The lowest BCUT2D eigenvalue weighted by atomic mass is 9.46. The molecule has 0 bridgehead atoms. The third-order valence-corrected chi connectivity index (χ3v) is 11.3. The number of alkyl halides is 1. The number of fused-ring (bicyclic) bond motifs is 5. The summed E-state index contributed by atoms with van der Waals surface area (Å²) in [5.74, 6) is 2.20. The smallest absolute Gasteiger partial charge is 0.155 e. The first-order valence-corrected chi connectivity index (χ1v) is 13.7. The number of rotatable bonds is 6. The number of carbonyl (C=O) groups is 1. The van der Waals surface area contributed by atoms with E-state index in [9.17, 15) is 15.0 Å². The molecule has 3 saturated carbocycles. The zero-order valence-electron chi connectivity index (χ0n) is 21.7. The van der Waals surface area contributed by atoms with Crippen LogP contribution in [0.3, 0.4) is 0 Å². The van der Waals surface area contributed by atoms with Gasteiger partial charge in [0.05, 0.1) is 12.2 Å². The minimum atomic E-state index is -0.997. The molecular weight excluding hydrogens is 415 g/mol. The van der Waals surface area contributed by atoms with Crippen LogP contribution < -0.4 is 0 Å². The van der Waals surface area contributed by atoms with Crippen molar-refractivity contribution in [2.75, 3.05) is 0 Å². The number of ketones is 1. The van der Waals surface area contributed by atoms with Gasteiger partial charge in [0.25, 0.3) is 0 Å². The molecule has 0 aromatic heterocycles. The van der Waals surface area contributed by atoms with Crippen LogP contribution in [0.1, 0.15) is 92.9 Å². The third kappa shape index (κ3) is 3.96. The molecule has 2 N–H and O–H groups in total. The summed E-state index contributed by atoms with van der Waals surface area (Å²) in [5, 5.41) is 22.3. The number of hydrogen-bond acceptors (Lipinski definition) is 3. The average molecular weight is 463 g/mol. The van der Waals surface area contributed by atoms with Gasteiger partial charge >= 0.3 is 0 Å².